The van der Waals surface area contributed by atoms with Crippen LogP contribution in [0.5, 0.6) is 0 Å². The number of ether oxygens (including phenoxy) is 1. The number of aliphatic hydroxyl groups excluding tert-OH is 1. The van der Waals surface area contributed by atoms with E-state index in [0.29, 0.717) is 31.7 Å². The van der Waals surface area contributed by atoms with E-state index in [-0.39, 0.29) is 18.5 Å². The predicted molar refractivity (Wildman–Crippen MR) is 81.0 cm³/mol. The summed E-state index contributed by atoms with van der Waals surface area (Å²) in [4.78, 5) is 0. The van der Waals surface area contributed by atoms with Crippen molar-refractivity contribution in [3.8, 4) is 11.3 Å². The molecule has 2 heterocycles. The molecule has 0 radical (unpaired) electrons. The van der Waals surface area contributed by atoms with E-state index in [2.05, 4.69) is 10.3 Å². The minimum absolute atomic E-state index is 0.133. The molecular weight excluding hydrogens is 320 g/mol. The van der Waals surface area contributed by atoms with Crippen LogP contribution in [-0.4, -0.2) is 50.1 Å². The Kier molecular flexibility index (Phi) is 4.88. The number of halogens is 2. The van der Waals surface area contributed by atoms with Gasteiger partial charge in [-0.15, -0.1) is 5.10 Å². The lowest BCUT2D eigenvalue weighted by Gasteiger charge is -2.33. The van der Waals surface area contributed by atoms with E-state index in [1.165, 1.54) is 23.0 Å². The third kappa shape index (κ3) is 4.14. The molecule has 1 aliphatic rings. The summed E-state index contributed by atoms with van der Waals surface area (Å²) in [7, 11) is 0. The minimum Gasteiger partial charge on any atom is -0.391 e. The number of aliphatic hydroxyl groups is 2. The van der Waals surface area contributed by atoms with E-state index in [0.717, 1.165) is 6.07 Å². The summed E-state index contributed by atoms with van der Waals surface area (Å²) in [6, 6.07) is 3.11. The van der Waals surface area contributed by atoms with Crippen LogP contribution in [0.3, 0.4) is 0 Å². The number of nitrogens with zero attached hydrogens (tertiary/aromatic N) is 3. The standard InChI is InChI=1S/C16H19F2N3O3/c17-12-5-11(6-13(18)7-12)15-10-21(20-19-15)9-14(22)8-16(23)1-3-24-4-2-16/h5-7,10,14,22-23H,1-4,8-9H2. The Morgan fingerprint density at radius 2 is 1.88 bits per heavy atom. The molecule has 0 bridgehead atoms. The molecule has 0 amide bonds. The first kappa shape index (κ1) is 16.9. The number of aromatic nitrogens is 3. The number of benzene rings is 1. The maximum atomic E-state index is 13.3. The molecular formula is C16H19F2N3O3. The number of hydrogen-bond acceptors (Lipinski definition) is 5. The normalized spacial score (nSPS) is 18.5. The van der Waals surface area contributed by atoms with Crippen molar-refractivity contribution in [2.75, 3.05) is 13.2 Å². The molecule has 2 N–H and O–H groups in total. The molecule has 130 valence electrons. The first-order chi connectivity index (χ1) is 11.4. The molecule has 1 aromatic heterocycles. The topological polar surface area (TPSA) is 80.4 Å². The van der Waals surface area contributed by atoms with Crippen molar-refractivity contribution >= 4 is 0 Å². The summed E-state index contributed by atoms with van der Waals surface area (Å²) in [5.74, 6) is -1.39. The van der Waals surface area contributed by atoms with Gasteiger partial charge in [-0.3, -0.25) is 0 Å². The van der Waals surface area contributed by atoms with E-state index < -0.39 is 23.3 Å². The van der Waals surface area contributed by atoms with Crippen molar-refractivity contribution in [1.82, 2.24) is 15.0 Å². The van der Waals surface area contributed by atoms with Crippen molar-refractivity contribution < 1.29 is 23.7 Å². The molecule has 0 aliphatic carbocycles. The van der Waals surface area contributed by atoms with Crippen LogP contribution < -0.4 is 0 Å². The van der Waals surface area contributed by atoms with Crippen LogP contribution in [0, 0.1) is 11.6 Å². The molecule has 1 aliphatic heterocycles. The second kappa shape index (κ2) is 6.92. The van der Waals surface area contributed by atoms with Crippen LogP contribution in [0.2, 0.25) is 0 Å². The molecule has 24 heavy (non-hydrogen) atoms. The number of rotatable bonds is 5. The maximum absolute atomic E-state index is 13.3. The van der Waals surface area contributed by atoms with Gasteiger partial charge in [0.05, 0.1) is 24.4 Å². The number of hydrogen-bond donors (Lipinski definition) is 2. The van der Waals surface area contributed by atoms with Crippen LogP contribution in [0.15, 0.2) is 24.4 Å². The monoisotopic (exact) mass is 339 g/mol. The van der Waals surface area contributed by atoms with Crippen LogP contribution in [0.25, 0.3) is 11.3 Å². The first-order valence-corrected chi connectivity index (χ1v) is 7.78. The Bertz CT molecular complexity index is 681. The van der Waals surface area contributed by atoms with Gasteiger partial charge in [-0.1, -0.05) is 5.21 Å². The van der Waals surface area contributed by atoms with E-state index in [9.17, 15) is 19.0 Å². The molecule has 1 aromatic carbocycles. The highest BCUT2D eigenvalue weighted by Gasteiger charge is 2.32. The fraction of sp³-hybridized carbons (Fsp3) is 0.500. The second-order valence-corrected chi connectivity index (χ2v) is 6.18. The van der Waals surface area contributed by atoms with Gasteiger partial charge in [0.2, 0.25) is 0 Å². The third-order valence-electron chi connectivity index (χ3n) is 4.13. The molecule has 1 fully saturated rings. The second-order valence-electron chi connectivity index (χ2n) is 6.18. The van der Waals surface area contributed by atoms with E-state index in [1.54, 1.807) is 0 Å². The van der Waals surface area contributed by atoms with E-state index in [1.807, 2.05) is 0 Å². The highest BCUT2D eigenvalue weighted by atomic mass is 19.1. The van der Waals surface area contributed by atoms with Gasteiger partial charge in [0, 0.05) is 31.3 Å². The Balaban J connectivity index is 1.65. The van der Waals surface area contributed by atoms with Gasteiger partial charge in [0.25, 0.3) is 0 Å². The molecule has 2 aromatic rings. The predicted octanol–water partition coefficient (Wildman–Crippen LogP) is 1.52. The zero-order chi connectivity index (χ0) is 17.2. The summed E-state index contributed by atoms with van der Waals surface area (Å²) in [6.07, 6.45) is 1.86. The van der Waals surface area contributed by atoms with Crippen molar-refractivity contribution in [3.63, 3.8) is 0 Å². The fourth-order valence-corrected chi connectivity index (χ4v) is 2.90. The average Bonchev–Trinajstić information content (AvgIpc) is 2.94. The Morgan fingerprint density at radius 3 is 2.54 bits per heavy atom. The Labute approximate surface area is 137 Å². The smallest absolute Gasteiger partial charge is 0.126 e. The van der Waals surface area contributed by atoms with E-state index >= 15 is 0 Å². The molecule has 1 unspecified atom stereocenters. The molecule has 1 saturated heterocycles. The lowest BCUT2D eigenvalue weighted by atomic mass is 9.88. The van der Waals surface area contributed by atoms with Crippen molar-refractivity contribution in [1.29, 1.82) is 0 Å². The van der Waals surface area contributed by atoms with E-state index in [4.69, 9.17) is 4.74 Å². The largest absolute Gasteiger partial charge is 0.391 e. The zero-order valence-electron chi connectivity index (χ0n) is 13.0. The van der Waals surface area contributed by atoms with Gasteiger partial charge in [-0.05, 0) is 25.0 Å². The average molecular weight is 339 g/mol. The SMILES string of the molecule is OC(Cn1cc(-c2cc(F)cc(F)c2)nn1)CC1(O)CCOCC1. The van der Waals surface area contributed by atoms with Crippen LogP contribution >= 0.6 is 0 Å². The van der Waals surface area contributed by atoms with Crippen molar-refractivity contribution in [2.45, 2.75) is 37.5 Å². The molecule has 1 atom stereocenters. The van der Waals surface area contributed by atoms with Crippen LogP contribution in [-0.2, 0) is 11.3 Å². The summed E-state index contributed by atoms with van der Waals surface area (Å²) >= 11 is 0. The molecule has 8 heteroatoms. The zero-order valence-corrected chi connectivity index (χ0v) is 13.0. The summed E-state index contributed by atoms with van der Waals surface area (Å²) in [5.41, 5.74) is -0.353. The van der Waals surface area contributed by atoms with Gasteiger partial charge < -0.3 is 14.9 Å². The molecule has 3 rings (SSSR count). The Morgan fingerprint density at radius 1 is 1.21 bits per heavy atom. The first-order valence-electron chi connectivity index (χ1n) is 7.78. The van der Waals surface area contributed by atoms with Gasteiger partial charge >= 0.3 is 0 Å². The minimum atomic E-state index is -0.938. The Hall–Kier alpha value is -1.90. The van der Waals surface area contributed by atoms with Crippen molar-refractivity contribution in [2.24, 2.45) is 0 Å². The highest BCUT2D eigenvalue weighted by molar-refractivity contribution is 5.57. The molecule has 6 nitrogen and oxygen atoms in total. The maximum Gasteiger partial charge on any atom is 0.126 e. The third-order valence-corrected chi connectivity index (χ3v) is 4.13. The molecule has 0 saturated carbocycles. The fourth-order valence-electron chi connectivity index (χ4n) is 2.90. The highest BCUT2D eigenvalue weighted by Crippen LogP contribution is 2.26. The van der Waals surface area contributed by atoms with Crippen LogP contribution in [0.4, 0.5) is 8.78 Å². The summed E-state index contributed by atoms with van der Waals surface area (Å²) in [6.45, 7) is 1.08. The quantitative estimate of drug-likeness (QED) is 0.863. The lowest BCUT2D eigenvalue weighted by molar-refractivity contribution is -0.0884. The van der Waals surface area contributed by atoms with Gasteiger partial charge in [0.1, 0.15) is 17.3 Å². The summed E-state index contributed by atoms with van der Waals surface area (Å²) in [5, 5.41) is 28.3. The van der Waals surface area contributed by atoms with Gasteiger partial charge in [0.15, 0.2) is 0 Å². The van der Waals surface area contributed by atoms with Gasteiger partial charge in [-0.2, -0.15) is 0 Å². The molecule has 0 spiro atoms. The van der Waals surface area contributed by atoms with Crippen molar-refractivity contribution in [3.05, 3.63) is 36.0 Å². The van der Waals surface area contributed by atoms with Gasteiger partial charge in [-0.25, -0.2) is 13.5 Å². The van der Waals surface area contributed by atoms with Crippen LogP contribution in [0.1, 0.15) is 19.3 Å². The summed E-state index contributed by atoms with van der Waals surface area (Å²) < 4.78 is 33.1. The lowest BCUT2D eigenvalue weighted by Crippen LogP contribution is -2.40.